The predicted molar refractivity (Wildman–Crippen MR) is 169 cm³/mol. The van der Waals surface area contributed by atoms with Crippen molar-refractivity contribution in [3.05, 3.63) is 47.7 Å². The number of nitrogens with zero attached hydrogens (tertiary/aromatic N) is 5. The summed E-state index contributed by atoms with van der Waals surface area (Å²) >= 11 is 0. The lowest BCUT2D eigenvalue weighted by atomic mass is 9.76. The minimum absolute atomic E-state index is 0.0124. The van der Waals surface area contributed by atoms with Gasteiger partial charge >= 0.3 is 6.01 Å². The number of ether oxygens (including phenoxy) is 1. The molecular weight excluding hydrogens is 576 g/mol. The average Bonchev–Trinajstić information content (AvgIpc) is 3.45. The summed E-state index contributed by atoms with van der Waals surface area (Å²) in [7, 11) is 2.17. The quantitative estimate of drug-likeness (QED) is 0.273. The molecule has 8 nitrogen and oxygen atoms in total. The van der Waals surface area contributed by atoms with E-state index in [9.17, 15) is 14.6 Å². The smallest absolute Gasteiger partial charge is 0.319 e. The number of aromatic nitrogens is 3. The highest BCUT2D eigenvalue weighted by Gasteiger charge is 2.47. The maximum atomic E-state index is 16.8. The topological polar surface area (TPSA) is 94.8 Å². The van der Waals surface area contributed by atoms with Gasteiger partial charge in [-0.1, -0.05) is 18.4 Å². The molecule has 3 atom stereocenters. The van der Waals surface area contributed by atoms with Gasteiger partial charge in [-0.05, 0) is 82.6 Å². The number of hydrogen-bond acceptors (Lipinski definition) is 8. The molecule has 3 fully saturated rings. The van der Waals surface area contributed by atoms with Crippen LogP contribution >= 0.6 is 0 Å². The van der Waals surface area contributed by atoms with Gasteiger partial charge in [0.25, 0.3) is 0 Å². The maximum Gasteiger partial charge on any atom is 0.319 e. The molecule has 10 heteroatoms. The van der Waals surface area contributed by atoms with Gasteiger partial charge in [0, 0.05) is 41.7 Å². The number of anilines is 1. The fourth-order valence-electron chi connectivity index (χ4n) is 8.05. The van der Waals surface area contributed by atoms with Crippen molar-refractivity contribution < 1.29 is 23.7 Å². The second kappa shape index (κ2) is 11.1. The standard InChI is InChI=1S/C35H37F2N5O3/c1-4-23-26(36)10-9-21-16-22(43)17-24(28(21)23)30-29(37)31-25(18-38-30)32(42-15-6-11-34(2,44)19-42)40-33(39-31)45-20-35-12-5-8-27(35)41(3)14-7-13-35/h1,9-10,16-18,27,43-44H,5-8,11-15,19-20H2,2-3H3/t27-,34?,35-/m1/s1. The number of aromatic hydroxyl groups is 1. The summed E-state index contributed by atoms with van der Waals surface area (Å²) in [4.78, 5) is 18.2. The summed E-state index contributed by atoms with van der Waals surface area (Å²) in [5.74, 6) is 1.28. The van der Waals surface area contributed by atoms with Crippen LogP contribution in [0, 0.1) is 29.4 Å². The van der Waals surface area contributed by atoms with Crippen LogP contribution in [0.3, 0.4) is 0 Å². The summed E-state index contributed by atoms with van der Waals surface area (Å²) in [6.45, 7) is 4.19. The van der Waals surface area contributed by atoms with Gasteiger partial charge in [-0.3, -0.25) is 4.98 Å². The van der Waals surface area contributed by atoms with Crippen LogP contribution < -0.4 is 9.64 Å². The van der Waals surface area contributed by atoms with Crippen LogP contribution in [0.1, 0.15) is 57.4 Å². The Morgan fingerprint density at radius 3 is 2.71 bits per heavy atom. The molecule has 0 radical (unpaired) electrons. The molecule has 2 aromatic heterocycles. The number of phenols is 1. The molecule has 0 bridgehead atoms. The van der Waals surface area contributed by atoms with Crippen molar-refractivity contribution in [2.45, 2.75) is 63.5 Å². The number of pyridine rings is 1. The molecule has 0 spiro atoms. The molecule has 2 saturated heterocycles. The molecule has 7 rings (SSSR count). The summed E-state index contributed by atoms with van der Waals surface area (Å²) in [5.41, 5.74) is -0.996. The third-order valence-corrected chi connectivity index (χ3v) is 10.1. The molecule has 45 heavy (non-hydrogen) atoms. The van der Waals surface area contributed by atoms with Crippen LogP contribution in [0.15, 0.2) is 30.5 Å². The summed E-state index contributed by atoms with van der Waals surface area (Å²) in [6.07, 6.45) is 14.0. The van der Waals surface area contributed by atoms with E-state index in [1.807, 2.05) is 4.90 Å². The lowest BCUT2D eigenvalue weighted by molar-refractivity contribution is 0.0132. The SMILES string of the molecule is C#Cc1c(F)ccc2cc(O)cc(-c3ncc4c(N5CCCC(C)(O)C5)nc(OC[C@]56CCC[C@H]5N(C)CCC6)nc4c3F)c12. The highest BCUT2D eigenvalue weighted by Crippen LogP contribution is 2.47. The summed E-state index contributed by atoms with van der Waals surface area (Å²) < 4.78 is 38.0. The minimum Gasteiger partial charge on any atom is -0.508 e. The summed E-state index contributed by atoms with van der Waals surface area (Å²) in [6, 6.07) is 5.97. The number of fused-ring (bicyclic) bond motifs is 3. The third-order valence-electron chi connectivity index (χ3n) is 10.1. The molecule has 3 aliphatic rings. The molecule has 4 heterocycles. The zero-order valence-electron chi connectivity index (χ0n) is 25.6. The maximum absolute atomic E-state index is 16.8. The molecule has 1 saturated carbocycles. The Hall–Kier alpha value is -4.07. The van der Waals surface area contributed by atoms with Crippen LogP contribution in [0.5, 0.6) is 11.8 Å². The fraction of sp³-hybridized carbons (Fsp3) is 0.457. The largest absolute Gasteiger partial charge is 0.508 e. The Morgan fingerprint density at radius 1 is 1.11 bits per heavy atom. The first-order chi connectivity index (χ1) is 21.6. The van der Waals surface area contributed by atoms with Crippen molar-refractivity contribution in [2.75, 3.05) is 38.2 Å². The number of piperidine rings is 2. The number of halogens is 2. The number of β-amino-alcohol motifs (C(OH)–C–C–N with tert-alkyl or cyclic N) is 1. The van der Waals surface area contributed by atoms with Gasteiger partial charge in [-0.2, -0.15) is 9.97 Å². The van der Waals surface area contributed by atoms with E-state index in [-0.39, 0.29) is 44.9 Å². The summed E-state index contributed by atoms with van der Waals surface area (Å²) in [5, 5.41) is 22.5. The normalized spacial score (nSPS) is 25.4. The van der Waals surface area contributed by atoms with Crippen LogP contribution in [0.4, 0.5) is 14.6 Å². The second-order valence-electron chi connectivity index (χ2n) is 13.3. The van der Waals surface area contributed by atoms with Gasteiger partial charge in [-0.15, -0.1) is 6.42 Å². The Labute approximate surface area is 261 Å². The van der Waals surface area contributed by atoms with E-state index < -0.39 is 17.2 Å². The van der Waals surface area contributed by atoms with E-state index in [2.05, 4.69) is 27.8 Å². The molecule has 1 unspecified atom stereocenters. The number of hydrogen-bond donors (Lipinski definition) is 2. The highest BCUT2D eigenvalue weighted by molar-refractivity contribution is 6.03. The van der Waals surface area contributed by atoms with Gasteiger partial charge in [-0.25, -0.2) is 8.78 Å². The molecule has 234 valence electrons. The Kier molecular flexibility index (Phi) is 7.29. The highest BCUT2D eigenvalue weighted by atomic mass is 19.1. The lowest BCUT2D eigenvalue weighted by Gasteiger charge is -2.44. The number of likely N-dealkylation sites (tertiary alicyclic amines) is 1. The van der Waals surface area contributed by atoms with Gasteiger partial charge in [0.05, 0.1) is 23.2 Å². The van der Waals surface area contributed by atoms with Crippen molar-refractivity contribution in [1.82, 2.24) is 19.9 Å². The zero-order valence-corrected chi connectivity index (χ0v) is 25.6. The van der Waals surface area contributed by atoms with E-state index in [0.29, 0.717) is 48.7 Å². The van der Waals surface area contributed by atoms with Gasteiger partial charge in [0.15, 0.2) is 5.82 Å². The zero-order chi connectivity index (χ0) is 31.5. The van der Waals surface area contributed by atoms with Crippen LogP contribution in [-0.2, 0) is 0 Å². The third kappa shape index (κ3) is 5.12. The number of terminal acetylenes is 1. The molecule has 4 aromatic rings. The molecule has 2 N–H and O–H groups in total. The molecule has 2 aromatic carbocycles. The first-order valence-electron chi connectivity index (χ1n) is 15.7. The number of aliphatic hydroxyl groups is 1. The van der Waals surface area contributed by atoms with Crippen molar-refractivity contribution in [3.63, 3.8) is 0 Å². The molecular formula is C35H37F2N5O3. The predicted octanol–water partition coefficient (Wildman–Crippen LogP) is 5.80. The monoisotopic (exact) mass is 613 g/mol. The van der Waals surface area contributed by atoms with E-state index in [0.717, 1.165) is 45.1 Å². The van der Waals surface area contributed by atoms with Crippen LogP contribution in [0.25, 0.3) is 32.9 Å². The average molecular weight is 614 g/mol. The lowest BCUT2D eigenvalue weighted by Crippen LogP contribution is -2.50. The number of benzene rings is 2. The first-order valence-corrected chi connectivity index (χ1v) is 15.7. The molecule has 1 aliphatic carbocycles. The van der Waals surface area contributed by atoms with E-state index >= 15 is 4.39 Å². The van der Waals surface area contributed by atoms with Gasteiger partial charge in [0.2, 0.25) is 0 Å². The molecule has 0 amide bonds. The second-order valence-corrected chi connectivity index (χ2v) is 13.3. The van der Waals surface area contributed by atoms with E-state index in [1.165, 1.54) is 30.5 Å². The van der Waals surface area contributed by atoms with E-state index in [4.69, 9.17) is 16.1 Å². The van der Waals surface area contributed by atoms with Crippen molar-refractivity contribution in [3.8, 4) is 35.4 Å². The van der Waals surface area contributed by atoms with Crippen LogP contribution in [-0.4, -0.2) is 75.0 Å². The molecule has 2 aliphatic heterocycles. The Balaban J connectivity index is 1.38. The van der Waals surface area contributed by atoms with Crippen LogP contribution in [0.2, 0.25) is 0 Å². The van der Waals surface area contributed by atoms with Crippen molar-refractivity contribution in [2.24, 2.45) is 5.41 Å². The number of rotatable bonds is 5. The van der Waals surface area contributed by atoms with Gasteiger partial charge < -0.3 is 24.7 Å². The minimum atomic E-state index is -0.943. The Bertz CT molecular complexity index is 1860. The fourth-order valence-corrected chi connectivity index (χ4v) is 8.05. The van der Waals surface area contributed by atoms with Crippen molar-refractivity contribution >= 4 is 27.5 Å². The number of phenolic OH excluding ortho intramolecular Hbond substituents is 1. The van der Waals surface area contributed by atoms with Crippen molar-refractivity contribution in [1.29, 1.82) is 0 Å². The first kappa shape index (κ1) is 29.6. The Morgan fingerprint density at radius 2 is 1.91 bits per heavy atom. The van der Waals surface area contributed by atoms with E-state index in [1.54, 1.807) is 6.92 Å². The van der Waals surface area contributed by atoms with Gasteiger partial charge in [0.1, 0.15) is 28.6 Å².